The number of carbonyl (C=O) groups excluding carboxylic acids is 2. The molecule has 2 atom stereocenters. The zero-order valence-electron chi connectivity index (χ0n) is 10.8. The predicted molar refractivity (Wildman–Crippen MR) is 63.7 cm³/mol. The molecule has 0 aromatic heterocycles. The number of esters is 1. The Bertz CT molecular complexity index is 342. The van der Waals surface area contributed by atoms with Gasteiger partial charge in [-0.3, -0.25) is 9.59 Å². The summed E-state index contributed by atoms with van der Waals surface area (Å²) in [5.41, 5.74) is 9.25. The van der Waals surface area contributed by atoms with Crippen LogP contribution >= 0.6 is 0 Å². The maximum atomic E-state index is 11.9. The quantitative estimate of drug-likeness (QED) is 0.412. The third-order valence-corrected chi connectivity index (χ3v) is 2.44. The first-order valence-electron chi connectivity index (χ1n) is 5.66. The lowest BCUT2D eigenvalue weighted by Gasteiger charge is -2.27. The second-order valence-corrected chi connectivity index (χ2v) is 4.35. The third-order valence-electron chi connectivity index (χ3n) is 2.44. The second kappa shape index (κ2) is 6.46. The maximum absolute atomic E-state index is 11.9. The molecule has 0 heterocycles. The van der Waals surface area contributed by atoms with Gasteiger partial charge >= 0.3 is 11.9 Å². The van der Waals surface area contributed by atoms with E-state index in [0.717, 1.165) is 0 Å². The fourth-order valence-corrected chi connectivity index (χ4v) is 1.35. The molecule has 104 valence electrons. The van der Waals surface area contributed by atoms with Crippen molar-refractivity contribution in [3.05, 3.63) is 0 Å². The molecule has 7 heteroatoms. The minimum atomic E-state index is -1.89. The molecule has 0 fully saturated rings. The topological polar surface area (TPSA) is 133 Å². The summed E-state index contributed by atoms with van der Waals surface area (Å²) < 4.78 is 4.89. The molecule has 5 N–H and O–H groups in total. The van der Waals surface area contributed by atoms with Gasteiger partial charge in [0.1, 0.15) is 0 Å². The van der Waals surface area contributed by atoms with Gasteiger partial charge in [0, 0.05) is 0 Å². The average Bonchev–Trinajstić information content (AvgIpc) is 2.24. The van der Waals surface area contributed by atoms with Crippen LogP contribution < -0.4 is 11.5 Å². The van der Waals surface area contributed by atoms with E-state index < -0.39 is 41.8 Å². The first kappa shape index (κ1) is 16.5. The van der Waals surface area contributed by atoms with Gasteiger partial charge in [-0.05, 0) is 20.3 Å². The number of carboxylic acid groups (broad SMARTS) is 1. The van der Waals surface area contributed by atoms with E-state index in [1.165, 1.54) is 6.92 Å². The SMILES string of the molecule is CCC(N)(C(=O)OC(C)C)C(=O)[C@@H](N)CC(=O)O. The van der Waals surface area contributed by atoms with Gasteiger partial charge in [0.25, 0.3) is 0 Å². The summed E-state index contributed by atoms with van der Waals surface area (Å²) in [5, 5.41) is 8.57. The first-order chi connectivity index (χ1) is 8.15. The number of ether oxygens (including phenoxy) is 1. The zero-order chi connectivity index (χ0) is 14.5. The van der Waals surface area contributed by atoms with Crippen LogP contribution in [0, 0.1) is 0 Å². The lowest BCUT2D eigenvalue weighted by atomic mass is 9.87. The summed E-state index contributed by atoms with van der Waals surface area (Å²) >= 11 is 0. The second-order valence-electron chi connectivity index (χ2n) is 4.35. The maximum Gasteiger partial charge on any atom is 0.334 e. The standard InChI is InChI=1S/C11H20N2O5/c1-4-11(13,10(17)18-6(2)3)9(16)7(12)5-8(14)15/h6-7H,4-5,12-13H2,1-3H3,(H,14,15)/t7-,11?/m0/s1. The molecule has 0 aliphatic rings. The van der Waals surface area contributed by atoms with E-state index >= 15 is 0 Å². The van der Waals surface area contributed by atoms with Crippen LogP contribution in [0.1, 0.15) is 33.6 Å². The molecule has 0 radical (unpaired) electrons. The summed E-state index contributed by atoms with van der Waals surface area (Å²) in [7, 11) is 0. The van der Waals surface area contributed by atoms with Gasteiger partial charge in [-0.2, -0.15) is 0 Å². The lowest BCUT2D eigenvalue weighted by molar-refractivity contribution is -0.158. The number of ketones is 1. The molecular formula is C11H20N2O5. The van der Waals surface area contributed by atoms with Crippen molar-refractivity contribution in [2.75, 3.05) is 0 Å². The number of carbonyl (C=O) groups is 3. The van der Waals surface area contributed by atoms with Gasteiger partial charge in [-0.15, -0.1) is 0 Å². The summed E-state index contributed by atoms with van der Waals surface area (Å²) in [6.07, 6.45) is -1.01. The molecule has 0 rings (SSSR count). The van der Waals surface area contributed by atoms with Gasteiger partial charge in [-0.1, -0.05) is 6.92 Å². The van der Waals surface area contributed by atoms with Crippen LogP contribution in [0.25, 0.3) is 0 Å². The number of Topliss-reactive ketones (excluding diaryl/α,β-unsaturated/α-hetero) is 1. The highest BCUT2D eigenvalue weighted by Gasteiger charge is 2.44. The summed E-state index contributed by atoms with van der Waals surface area (Å²) in [6.45, 7) is 4.78. The molecule has 0 aromatic rings. The monoisotopic (exact) mass is 260 g/mol. The van der Waals surface area contributed by atoms with Crippen molar-refractivity contribution >= 4 is 17.7 Å². The Hall–Kier alpha value is -1.47. The molecule has 0 saturated heterocycles. The van der Waals surface area contributed by atoms with E-state index in [-0.39, 0.29) is 6.42 Å². The molecule has 0 aliphatic carbocycles. The molecule has 1 unspecified atom stereocenters. The summed E-state index contributed by atoms with van der Waals surface area (Å²) in [4.78, 5) is 34.2. The van der Waals surface area contributed by atoms with Crippen molar-refractivity contribution in [3.63, 3.8) is 0 Å². The van der Waals surface area contributed by atoms with E-state index in [1.807, 2.05) is 0 Å². The number of nitrogens with two attached hydrogens (primary N) is 2. The third kappa shape index (κ3) is 4.08. The zero-order valence-corrected chi connectivity index (χ0v) is 10.8. The van der Waals surface area contributed by atoms with Gasteiger partial charge in [0.05, 0.1) is 18.6 Å². The number of carboxylic acids is 1. The Morgan fingerprint density at radius 2 is 1.83 bits per heavy atom. The van der Waals surface area contributed by atoms with E-state index in [1.54, 1.807) is 13.8 Å². The fourth-order valence-electron chi connectivity index (χ4n) is 1.35. The molecule has 0 aromatic carbocycles. The number of rotatable bonds is 7. The van der Waals surface area contributed by atoms with E-state index in [2.05, 4.69) is 0 Å². The van der Waals surface area contributed by atoms with Crippen molar-refractivity contribution in [2.24, 2.45) is 11.5 Å². The highest BCUT2D eigenvalue weighted by atomic mass is 16.5. The smallest absolute Gasteiger partial charge is 0.334 e. The molecule has 0 saturated carbocycles. The lowest BCUT2D eigenvalue weighted by Crippen LogP contribution is -2.61. The normalized spacial score (nSPS) is 15.9. The van der Waals surface area contributed by atoms with Crippen LogP contribution in [0.3, 0.4) is 0 Å². The Morgan fingerprint density at radius 3 is 2.17 bits per heavy atom. The van der Waals surface area contributed by atoms with Crippen molar-refractivity contribution in [3.8, 4) is 0 Å². The number of hydrogen-bond donors (Lipinski definition) is 3. The number of aliphatic carboxylic acids is 1. The Morgan fingerprint density at radius 1 is 1.33 bits per heavy atom. The fraction of sp³-hybridized carbons (Fsp3) is 0.727. The molecule has 0 aliphatic heterocycles. The minimum absolute atomic E-state index is 0.00922. The van der Waals surface area contributed by atoms with Crippen LogP contribution in [0.4, 0.5) is 0 Å². The highest BCUT2D eigenvalue weighted by Crippen LogP contribution is 2.15. The largest absolute Gasteiger partial charge is 0.481 e. The van der Waals surface area contributed by atoms with Gasteiger partial charge in [0.15, 0.2) is 11.3 Å². The van der Waals surface area contributed by atoms with Crippen molar-refractivity contribution in [1.82, 2.24) is 0 Å². The summed E-state index contributed by atoms with van der Waals surface area (Å²) in [6, 6.07) is -1.33. The van der Waals surface area contributed by atoms with Crippen LogP contribution in [0.15, 0.2) is 0 Å². The predicted octanol–water partition coefficient (Wildman–Crippen LogP) is -0.583. The van der Waals surface area contributed by atoms with E-state index in [4.69, 9.17) is 21.3 Å². The first-order valence-corrected chi connectivity index (χ1v) is 5.66. The molecule has 0 amide bonds. The van der Waals surface area contributed by atoms with Crippen LogP contribution in [0.5, 0.6) is 0 Å². The van der Waals surface area contributed by atoms with Crippen molar-refractivity contribution in [1.29, 1.82) is 0 Å². The average molecular weight is 260 g/mol. The van der Waals surface area contributed by atoms with Crippen LogP contribution in [0.2, 0.25) is 0 Å². The Labute approximate surface area is 105 Å². The van der Waals surface area contributed by atoms with Crippen molar-refractivity contribution < 1.29 is 24.2 Å². The minimum Gasteiger partial charge on any atom is -0.481 e. The van der Waals surface area contributed by atoms with Crippen molar-refractivity contribution in [2.45, 2.75) is 51.3 Å². The molecule has 7 nitrogen and oxygen atoms in total. The van der Waals surface area contributed by atoms with Gasteiger partial charge in [0.2, 0.25) is 0 Å². The Kier molecular flexibility index (Phi) is 5.93. The van der Waals surface area contributed by atoms with Gasteiger partial charge < -0.3 is 21.3 Å². The van der Waals surface area contributed by atoms with Crippen LogP contribution in [-0.2, 0) is 19.1 Å². The molecule has 0 bridgehead atoms. The number of hydrogen-bond acceptors (Lipinski definition) is 6. The summed E-state index contributed by atoms with van der Waals surface area (Å²) in [5.74, 6) is -2.93. The molecule has 18 heavy (non-hydrogen) atoms. The van der Waals surface area contributed by atoms with E-state index in [9.17, 15) is 14.4 Å². The van der Waals surface area contributed by atoms with Gasteiger partial charge in [-0.25, -0.2) is 4.79 Å². The Balaban J connectivity index is 4.97. The molecular weight excluding hydrogens is 240 g/mol. The van der Waals surface area contributed by atoms with Crippen LogP contribution in [-0.4, -0.2) is 40.5 Å². The molecule has 0 spiro atoms. The van der Waals surface area contributed by atoms with E-state index in [0.29, 0.717) is 0 Å². The highest BCUT2D eigenvalue weighted by molar-refractivity contribution is 6.11.